The van der Waals surface area contributed by atoms with Crippen molar-refractivity contribution in [3.8, 4) is 0 Å². The predicted molar refractivity (Wildman–Crippen MR) is 46.6 cm³/mol. The second kappa shape index (κ2) is 3.81. The van der Waals surface area contributed by atoms with Gasteiger partial charge in [-0.05, 0) is 11.6 Å². The van der Waals surface area contributed by atoms with Crippen molar-refractivity contribution in [1.82, 2.24) is 0 Å². The van der Waals surface area contributed by atoms with Crippen molar-refractivity contribution in [1.29, 1.82) is 0 Å². The molecule has 11 heavy (non-hydrogen) atoms. The lowest BCUT2D eigenvalue weighted by Crippen LogP contribution is -1.86. The molecule has 1 unspecified atom stereocenters. The summed E-state index contributed by atoms with van der Waals surface area (Å²) in [5.41, 5.74) is 1.22. The van der Waals surface area contributed by atoms with E-state index in [1.165, 1.54) is 5.56 Å². The highest BCUT2D eigenvalue weighted by atomic mass is 16.2. The van der Waals surface area contributed by atoms with Crippen molar-refractivity contribution >= 4 is 0 Å². The molecule has 1 rings (SSSR count). The molecule has 1 aromatic rings. The van der Waals surface area contributed by atoms with Gasteiger partial charge in [-0.3, -0.25) is 0 Å². The normalized spacial score (nSPS) is 13.5. The number of hydrogen-bond donors (Lipinski definition) is 1. The monoisotopic (exact) mass is 148 g/mol. The lowest BCUT2D eigenvalue weighted by molar-refractivity contribution is 0.469. The third kappa shape index (κ3) is 2.11. The van der Waals surface area contributed by atoms with E-state index in [0.29, 0.717) is 5.92 Å². The summed E-state index contributed by atoms with van der Waals surface area (Å²) in [5, 5.41) is 8.52. The van der Waals surface area contributed by atoms with Crippen molar-refractivity contribution < 1.29 is 5.11 Å². The average Bonchev–Trinajstić information content (AvgIpc) is 2.07. The van der Waals surface area contributed by atoms with E-state index in [1.54, 1.807) is 6.08 Å². The predicted octanol–water partition coefficient (Wildman–Crippen LogP) is 2.86. The zero-order chi connectivity index (χ0) is 8.10. The molecule has 0 spiro atoms. The van der Waals surface area contributed by atoms with E-state index >= 15 is 0 Å². The number of hydrogen-bond acceptors (Lipinski definition) is 1. The first-order valence-electron chi connectivity index (χ1n) is 3.70. The molecule has 0 aliphatic heterocycles. The summed E-state index contributed by atoms with van der Waals surface area (Å²) in [6, 6.07) is 10.1. The molecule has 1 N–H and O–H groups in total. The van der Waals surface area contributed by atoms with E-state index in [0.717, 1.165) is 6.26 Å². The van der Waals surface area contributed by atoms with Gasteiger partial charge in [-0.25, -0.2) is 0 Å². The highest BCUT2D eigenvalue weighted by molar-refractivity contribution is 5.22. The Bertz CT molecular complexity index is 226. The Hall–Kier alpha value is -1.24. The summed E-state index contributed by atoms with van der Waals surface area (Å²) in [5.74, 6) is 0.293. The van der Waals surface area contributed by atoms with Crippen LogP contribution in [0.15, 0.2) is 42.7 Å². The molecule has 0 aliphatic rings. The summed E-state index contributed by atoms with van der Waals surface area (Å²) in [6.45, 7) is 2.04. The van der Waals surface area contributed by atoms with Gasteiger partial charge in [0, 0.05) is 5.92 Å². The van der Waals surface area contributed by atoms with Crippen LogP contribution in [0.5, 0.6) is 0 Å². The van der Waals surface area contributed by atoms with Crippen molar-refractivity contribution in [3.63, 3.8) is 0 Å². The Labute approximate surface area is 67.0 Å². The van der Waals surface area contributed by atoms with Gasteiger partial charge in [0.05, 0.1) is 6.26 Å². The zero-order valence-corrected chi connectivity index (χ0v) is 6.57. The lowest BCUT2D eigenvalue weighted by Gasteiger charge is -2.03. The number of aliphatic hydroxyl groups is 1. The first kappa shape index (κ1) is 7.86. The SMILES string of the molecule is CC(/C=C\O)c1ccccc1. The minimum Gasteiger partial charge on any atom is -0.516 e. The van der Waals surface area contributed by atoms with E-state index in [4.69, 9.17) is 5.11 Å². The average molecular weight is 148 g/mol. The van der Waals surface area contributed by atoms with E-state index in [2.05, 4.69) is 0 Å². The molecule has 0 aromatic heterocycles. The first-order chi connectivity index (χ1) is 5.34. The van der Waals surface area contributed by atoms with E-state index in [9.17, 15) is 0 Å². The van der Waals surface area contributed by atoms with Crippen LogP contribution in [0.3, 0.4) is 0 Å². The molecule has 0 saturated carbocycles. The molecule has 0 heterocycles. The van der Waals surface area contributed by atoms with Crippen LogP contribution in [0.4, 0.5) is 0 Å². The molecule has 0 aliphatic carbocycles. The fraction of sp³-hybridized carbons (Fsp3) is 0.200. The maximum Gasteiger partial charge on any atom is 0.0757 e. The fourth-order valence-electron chi connectivity index (χ4n) is 0.997. The molecule has 0 bridgehead atoms. The zero-order valence-electron chi connectivity index (χ0n) is 6.57. The largest absolute Gasteiger partial charge is 0.516 e. The Morgan fingerprint density at radius 3 is 2.45 bits per heavy atom. The third-order valence-electron chi connectivity index (χ3n) is 1.70. The molecule has 0 fully saturated rings. The Morgan fingerprint density at radius 1 is 1.27 bits per heavy atom. The van der Waals surface area contributed by atoms with Crippen LogP contribution in [0.25, 0.3) is 0 Å². The van der Waals surface area contributed by atoms with Gasteiger partial charge in [-0.2, -0.15) is 0 Å². The van der Waals surface area contributed by atoms with Gasteiger partial charge >= 0.3 is 0 Å². The maximum atomic E-state index is 8.52. The van der Waals surface area contributed by atoms with Gasteiger partial charge in [0.25, 0.3) is 0 Å². The molecular formula is C10H12O. The Morgan fingerprint density at radius 2 is 1.91 bits per heavy atom. The highest BCUT2D eigenvalue weighted by Crippen LogP contribution is 2.14. The summed E-state index contributed by atoms with van der Waals surface area (Å²) in [4.78, 5) is 0. The number of benzene rings is 1. The molecular weight excluding hydrogens is 136 g/mol. The molecule has 1 heteroatoms. The van der Waals surface area contributed by atoms with Crippen molar-refractivity contribution in [2.45, 2.75) is 12.8 Å². The summed E-state index contributed by atoms with van der Waals surface area (Å²) in [6.07, 6.45) is 2.85. The molecule has 1 aromatic carbocycles. The minimum atomic E-state index is 0.293. The Balaban J connectivity index is 2.76. The molecule has 58 valence electrons. The minimum absolute atomic E-state index is 0.293. The number of aliphatic hydroxyl groups excluding tert-OH is 1. The van der Waals surface area contributed by atoms with Gasteiger partial charge in [-0.1, -0.05) is 37.3 Å². The molecule has 0 radical (unpaired) electrons. The van der Waals surface area contributed by atoms with Crippen LogP contribution in [-0.2, 0) is 0 Å². The second-order valence-electron chi connectivity index (χ2n) is 2.54. The number of allylic oxidation sites excluding steroid dienone is 1. The van der Waals surface area contributed by atoms with Gasteiger partial charge in [0.2, 0.25) is 0 Å². The van der Waals surface area contributed by atoms with Gasteiger partial charge in [-0.15, -0.1) is 0 Å². The van der Waals surface area contributed by atoms with Gasteiger partial charge in [0.15, 0.2) is 0 Å². The lowest BCUT2D eigenvalue weighted by atomic mass is 10.0. The fourth-order valence-corrected chi connectivity index (χ4v) is 0.997. The Kier molecular flexibility index (Phi) is 2.73. The highest BCUT2D eigenvalue weighted by Gasteiger charge is 1.97. The van der Waals surface area contributed by atoms with E-state index < -0.39 is 0 Å². The molecule has 1 atom stereocenters. The maximum absolute atomic E-state index is 8.52. The van der Waals surface area contributed by atoms with Crippen LogP contribution >= 0.6 is 0 Å². The van der Waals surface area contributed by atoms with Crippen LogP contribution in [-0.4, -0.2) is 5.11 Å². The molecule has 0 saturated heterocycles. The quantitative estimate of drug-likeness (QED) is 0.639. The summed E-state index contributed by atoms with van der Waals surface area (Å²) < 4.78 is 0. The van der Waals surface area contributed by atoms with Crippen LogP contribution in [0.2, 0.25) is 0 Å². The summed E-state index contributed by atoms with van der Waals surface area (Å²) in [7, 11) is 0. The van der Waals surface area contributed by atoms with Crippen molar-refractivity contribution in [2.24, 2.45) is 0 Å². The molecule has 0 amide bonds. The smallest absolute Gasteiger partial charge is 0.0757 e. The van der Waals surface area contributed by atoms with E-state index in [1.807, 2.05) is 37.3 Å². The number of rotatable bonds is 2. The topological polar surface area (TPSA) is 20.2 Å². The second-order valence-corrected chi connectivity index (χ2v) is 2.54. The van der Waals surface area contributed by atoms with Crippen LogP contribution < -0.4 is 0 Å². The summed E-state index contributed by atoms with van der Waals surface area (Å²) >= 11 is 0. The first-order valence-corrected chi connectivity index (χ1v) is 3.70. The van der Waals surface area contributed by atoms with Crippen LogP contribution in [0.1, 0.15) is 18.4 Å². The van der Waals surface area contributed by atoms with Gasteiger partial charge < -0.3 is 5.11 Å². The standard InChI is InChI=1S/C10H12O/c1-9(7-8-11)10-5-3-2-4-6-10/h2-9,11H,1H3/b8-7-. The van der Waals surface area contributed by atoms with Gasteiger partial charge in [0.1, 0.15) is 0 Å². The van der Waals surface area contributed by atoms with E-state index in [-0.39, 0.29) is 0 Å². The third-order valence-corrected chi connectivity index (χ3v) is 1.70. The van der Waals surface area contributed by atoms with Crippen molar-refractivity contribution in [2.75, 3.05) is 0 Å². The van der Waals surface area contributed by atoms with Crippen molar-refractivity contribution in [3.05, 3.63) is 48.2 Å². The van der Waals surface area contributed by atoms with Crippen LogP contribution in [0, 0.1) is 0 Å². The molecule has 1 nitrogen and oxygen atoms in total.